The lowest BCUT2D eigenvalue weighted by atomic mass is 9.93. The van der Waals surface area contributed by atoms with Crippen LogP contribution in [0.1, 0.15) is 57.5 Å². The molecule has 6 nitrogen and oxygen atoms in total. The van der Waals surface area contributed by atoms with Crippen molar-refractivity contribution in [2.45, 2.75) is 58.2 Å². The van der Waals surface area contributed by atoms with Crippen LogP contribution in [0.2, 0.25) is 16.6 Å². The molecule has 0 unspecified atom stereocenters. The monoisotopic (exact) mass is 496 g/mol. The maximum absolute atomic E-state index is 12.2. The van der Waals surface area contributed by atoms with Crippen molar-refractivity contribution in [2.24, 2.45) is 0 Å². The maximum atomic E-state index is 12.2. The van der Waals surface area contributed by atoms with Gasteiger partial charge in [0.15, 0.2) is 29.3 Å². The van der Waals surface area contributed by atoms with Crippen LogP contribution in [0, 0.1) is 11.5 Å². The van der Waals surface area contributed by atoms with E-state index in [1.54, 1.807) is 20.3 Å². The minimum atomic E-state index is -2.01. The molecule has 0 saturated carbocycles. The van der Waals surface area contributed by atoms with E-state index in [4.69, 9.17) is 23.7 Å². The number of rotatable bonds is 8. The van der Waals surface area contributed by atoms with E-state index in [-0.39, 0.29) is 6.79 Å². The van der Waals surface area contributed by atoms with Gasteiger partial charge < -0.3 is 23.7 Å². The molecule has 0 atom stereocenters. The second-order valence-corrected chi connectivity index (χ2v) is 15.2. The van der Waals surface area contributed by atoms with Crippen LogP contribution in [0.3, 0.4) is 0 Å². The molecule has 7 heteroatoms. The zero-order chi connectivity index (χ0) is 25.9. The van der Waals surface area contributed by atoms with Gasteiger partial charge in [0.2, 0.25) is 12.5 Å². The molecule has 1 aliphatic heterocycles. The van der Waals surface area contributed by atoms with Crippen molar-refractivity contribution in [3.05, 3.63) is 29.3 Å². The molecule has 35 heavy (non-hydrogen) atoms. The maximum Gasteiger partial charge on any atom is 0.231 e. The highest BCUT2D eigenvalue weighted by atomic mass is 28.3. The van der Waals surface area contributed by atoms with E-state index >= 15 is 0 Å². The minimum absolute atomic E-state index is 0.137. The number of fused-ring (bicyclic) bond motifs is 1. The normalized spacial score (nSPS) is 12.6. The lowest BCUT2D eigenvalue weighted by Gasteiger charge is -2.38. The minimum Gasteiger partial charge on any atom is -0.493 e. The molecule has 0 saturated heterocycles. The highest BCUT2D eigenvalue weighted by Gasteiger charge is 2.41. The Morgan fingerprint density at radius 2 is 1.43 bits per heavy atom. The Kier molecular flexibility index (Phi) is 8.06. The fourth-order valence-electron chi connectivity index (χ4n) is 5.41. The number of ether oxygens (including phenoxy) is 5. The summed E-state index contributed by atoms with van der Waals surface area (Å²) in [5.41, 5.74) is 7.68. The Bertz CT molecular complexity index is 1130. The SMILES string of the molecule is COc1cc(C=O)c(-c2cc3c(cc2C#C[Si](C(C)C)(C(C)C)C(C)C)OCO3)c(OC)c1OC. The van der Waals surface area contributed by atoms with Gasteiger partial charge in [0.1, 0.15) is 8.07 Å². The average Bonchev–Trinajstić information content (AvgIpc) is 3.29. The summed E-state index contributed by atoms with van der Waals surface area (Å²) >= 11 is 0. The molecule has 0 radical (unpaired) electrons. The van der Waals surface area contributed by atoms with E-state index in [2.05, 4.69) is 53.0 Å². The van der Waals surface area contributed by atoms with Crippen LogP contribution in [-0.2, 0) is 0 Å². The Morgan fingerprint density at radius 3 is 1.91 bits per heavy atom. The first kappa shape index (κ1) is 26.5. The molecule has 0 aromatic heterocycles. The van der Waals surface area contributed by atoms with Gasteiger partial charge in [-0.15, -0.1) is 5.54 Å². The third kappa shape index (κ3) is 4.60. The number of hydrogen-bond donors (Lipinski definition) is 0. The van der Waals surface area contributed by atoms with E-state index in [0.717, 1.165) is 17.4 Å². The van der Waals surface area contributed by atoms with Crippen LogP contribution in [0.15, 0.2) is 18.2 Å². The van der Waals surface area contributed by atoms with E-state index < -0.39 is 8.07 Å². The number of aldehydes is 1. The van der Waals surface area contributed by atoms with Gasteiger partial charge in [0, 0.05) is 28.3 Å². The zero-order valence-corrected chi connectivity index (χ0v) is 23.2. The molecule has 188 valence electrons. The summed E-state index contributed by atoms with van der Waals surface area (Å²) in [5.74, 6) is 5.98. The van der Waals surface area contributed by atoms with Crippen molar-refractivity contribution in [1.29, 1.82) is 0 Å². The highest BCUT2D eigenvalue weighted by molar-refractivity contribution is 6.90. The molecule has 1 heterocycles. The summed E-state index contributed by atoms with van der Waals surface area (Å²) in [7, 11) is 2.59. The second-order valence-electron chi connectivity index (χ2n) is 9.63. The van der Waals surface area contributed by atoms with Gasteiger partial charge in [-0.25, -0.2) is 0 Å². The Labute approximate surface area is 209 Å². The number of hydrogen-bond acceptors (Lipinski definition) is 6. The molecule has 0 N–H and O–H groups in total. The van der Waals surface area contributed by atoms with Crippen LogP contribution in [0.25, 0.3) is 11.1 Å². The van der Waals surface area contributed by atoms with Crippen molar-refractivity contribution in [3.8, 4) is 51.3 Å². The van der Waals surface area contributed by atoms with E-state index in [9.17, 15) is 4.79 Å². The van der Waals surface area contributed by atoms with Gasteiger partial charge in [-0.3, -0.25) is 4.79 Å². The van der Waals surface area contributed by atoms with Crippen molar-refractivity contribution < 1.29 is 28.5 Å². The summed E-state index contributed by atoms with van der Waals surface area (Å²) in [6.45, 7) is 13.8. The van der Waals surface area contributed by atoms with Gasteiger partial charge >= 0.3 is 0 Å². The highest BCUT2D eigenvalue weighted by Crippen LogP contribution is 2.49. The van der Waals surface area contributed by atoms with Crippen LogP contribution in [0.4, 0.5) is 0 Å². The molecular weight excluding hydrogens is 460 g/mol. The summed E-state index contributed by atoms with van der Waals surface area (Å²) < 4.78 is 28.2. The fourth-order valence-corrected chi connectivity index (χ4v) is 10.6. The molecule has 0 amide bonds. The standard InChI is InChI=1S/C28H36O6Si/c1-17(2)35(18(3)4,19(5)6)11-10-20-12-23-24(34-16-33-23)14-22(20)26-21(15-29)13-25(30-7)27(31-8)28(26)32-9/h12-15,17-19H,16H2,1-9H3. The average molecular weight is 497 g/mol. The topological polar surface area (TPSA) is 63.2 Å². The lowest BCUT2D eigenvalue weighted by Crippen LogP contribution is -2.43. The number of carbonyl (C=O) groups is 1. The summed E-state index contributed by atoms with van der Waals surface area (Å²) in [6, 6.07) is 5.42. The first-order valence-corrected chi connectivity index (χ1v) is 14.1. The third-order valence-electron chi connectivity index (χ3n) is 7.05. The van der Waals surface area contributed by atoms with Crippen molar-refractivity contribution in [2.75, 3.05) is 28.1 Å². The number of benzene rings is 2. The second kappa shape index (κ2) is 10.7. The first-order chi connectivity index (χ1) is 16.7. The largest absolute Gasteiger partial charge is 0.493 e. The van der Waals surface area contributed by atoms with Crippen LogP contribution >= 0.6 is 0 Å². The van der Waals surface area contributed by atoms with E-state index in [0.29, 0.717) is 56.5 Å². The molecule has 2 aromatic rings. The van der Waals surface area contributed by atoms with Gasteiger partial charge in [-0.1, -0.05) is 47.5 Å². The molecule has 0 fully saturated rings. The first-order valence-electron chi connectivity index (χ1n) is 11.9. The quantitative estimate of drug-likeness (QED) is 0.236. The Hall–Kier alpha value is -3.11. The van der Waals surface area contributed by atoms with Crippen molar-refractivity contribution in [1.82, 2.24) is 0 Å². The number of carbonyl (C=O) groups excluding carboxylic acids is 1. The zero-order valence-electron chi connectivity index (χ0n) is 22.2. The smallest absolute Gasteiger partial charge is 0.231 e. The van der Waals surface area contributed by atoms with Crippen molar-refractivity contribution >= 4 is 14.4 Å². The Morgan fingerprint density at radius 1 is 0.857 bits per heavy atom. The summed E-state index contributed by atoms with van der Waals surface area (Å²) in [6.07, 6.45) is 0.789. The Balaban J connectivity index is 2.39. The van der Waals surface area contributed by atoms with Gasteiger partial charge in [-0.05, 0) is 28.8 Å². The van der Waals surface area contributed by atoms with Crippen LogP contribution < -0.4 is 23.7 Å². The van der Waals surface area contributed by atoms with E-state index in [1.807, 2.05) is 12.1 Å². The molecular formula is C28H36O6Si. The molecule has 2 aromatic carbocycles. The lowest BCUT2D eigenvalue weighted by molar-refractivity contribution is 0.112. The number of methoxy groups -OCH3 is 3. The predicted octanol–water partition coefficient (Wildman–Crippen LogP) is 6.49. The van der Waals surface area contributed by atoms with Gasteiger partial charge in [0.25, 0.3) is 0 Å². The molecule has 0 aliphatic carbocycles. The van der Waals surface area contributed by atoms with Crippen LogP contribution in [-0.4, -0.2) is 42.5 Å². The molecule has 0 bridgehead atoms. The molecule has 3 rings (SSSR count). The van der Waals surface area contributed by atoms with Gasteiger partial charge in [-0.2, -0.15) is 0 Å². The summed E-state index contributed by atoms with van der Waals surface area (Å²) in [5, 5.41) is 0. The molecule has 1 aliphatic rings. The molecule has 0 spiro atoms. The summed E-state index contributed by atoms with van der Waals surface area (Å²) in [4.78, 5) is 12.2. The predicted molar refractivity (Wildman–Crippen MR) is 141 cm³/mol. The third-order valence-corrected chi connectivity index (χ3v) is 13.3. The van der Waals surface area contributed by atoms with Crippen LogP contribution in [0.5, 0.6) is 28.7 Å². The van der Waals surface area contributed by atoms with E-state index in [1.165, 1.54) is 7.11 Å². The fraction of sp³-hybridized carbons (Fsp3) is 0.464. The van der Waals surface area contributed by atoms with Gasteiger partial charge in [0.05, 0.1) is 21.3 Å². The van der Waals surface area contributed by atoms with Crippen molar-refractivity contribution in [3.63, 3.8) is 0 Å².